The van der Waals surface area contributed by atoms with E-state index in [1.807, 2.05) is 0 Å². The standard InChI is InChI=1S/C10H22N2O3S/c1-12(6-3-5-11)10(13)4-8-16(14)9-7-15-2/h3-9,11H2,1-2H3. The third-order valence-corrected chi connectivity index (χ3v) is 3.46. The second kappa shape index (κ2) is 9.74. The average Bonchev–Trinajstić information content (AvgIpc) is 2.30. The van der Waals surface area contributed by atoms with Crippen molar-refractivity contribution in [3.8, 4) is 0 Å². The minimum absolute atomic E-state index is 0.0271. The van der Waals surface area contributed by atoms with Crippen molar-refractivity contribution in [2.45, 2.75) is 12.8 Å². The third-order valence-electron chi connectivity index (χ3n) is 2.18. The highest BCUT2D eigenvalue weighted by Gasteiger charge is 2.09. The second-order valence-electron chi connectivity index (χ2n) is 3.55. The van der Waals surface area contributed by atoms with Gasteiger partial charge in [0, 0.05) is 49.4 Å². The molecule has 0 saturated heterocycles. The predicted molar refractivity (Wildman–Crippen MR) is 65.7 cm³/mol. The first-order valence-corrected chi connectivity index (χ1v) is 6.88. The maximum atomic E-state index is 11.5. The summed E-state index contributed by atoms with van der Waals surface area (Å²) in [5.74, 6) is 0.935. The van der Waals surface area contributed by atoms with Crippen molar-refractivity contribution in [3.05, 3.63) is 0 Å². The van der Waals surface area contributed by atoms with Gasteiger partial charge in [-0.05, 0) is 13.0 Å². The number of methoxy groups -OCH3 is 1. The molecule has 96 valence electrons. The summed E-state index contributed by atoms with van der Waals surface area (Å²) >= 11 is 0. The van der Waals surface area contributed by atoms with Crippen LogP contribution in [0.15, 0.2) is 0 Å². The molecule has 0 radical (unpaired) electrons. The van der Waals surface area contributed by atoms with E-state index in [1.165, 1.54) is 0 Å². The quantitative estimate of drug-likeness (QED) is 0.603. The molecule has 5 nitrogen and oxygen atoms in total. The predicted octanol–water partition coefficient (Wildman–Crippen LogP) is -0.421. The van der Waals surface area contributed by atoms with Crippen LogP contribution in [0.2, 0.25) is 0 Å². The molecule has 0 saturated carbocycles. The summed E-state index contributed by atoms with van der Waals surface area (Å²) < 4.78 is 16.2. The van der Waals surface area contributed by atoms with Crippen molar-refractivity contribution in [2.75, 3.05) is 45.4 Å². The Morgan fingerprint density at radius 3 is 2.69 bits per heavy atom. The SMILES string of the molecule is COCCS(=O)CCC(=O)N(C)CCCN. The third kappa shape index (κ3) is 7.78. The molecule has 0 aromatic heterocycles. The molecule has 6 heteroatoms. The first-order chi connectivity index (χ1) is 7.61. The molecule has 0 spiro atoms. The maximum Gasteiger partial charge on any atom is 0.223 e. The van der Waals surface area contributed by atoms with Gasteiger partial charge in [0.2, 0.25) is 5.91 Å². The topological polar surface area (TPSA) is 72.6 Å². The number of carbonyl (C=O) groups is 1. The lowest BCUT2D eigenvalue weighted by Gasteiger charge is -2.16. The first-order valence-electron chi connectivity index (χ1n) is 5.39. The first kappa shape index (κ1) is 15.5. The van der Waals surface area contributed by atoms with Crippen molar-refractivity contribution in [3.63, 3.8) is 0 Å². The van der Waals surface area contributed by atoms with E-state index in [4.69, 9.17) is 10.5 Å². The molecular formula is C10H22N2O3S. The average molecular weight is 250 g/mol. The lowest BCUT2D eigenvalue weighted by Crippen LogP contribution is -2.30. The number of hydrogen-bond acceptors (Lipinski definition) is 4. The number of hydrogen-bond donors (Lipinski definition) is 1. The van der Waals surface area contributed by atoms with Gasteiger partial charge in [-0.1, -0.05) is 0 Å². The number of nitrogens with two attached hydrogens (primary N) is 1. The summed E-state index contributed by atoms with van der Waals surface area (Å²) in [6, 6.07) is 0. The van der Waals surface area contributed by atoms with Crippen LogP contribution in [0.1, 0.15) is 12.8 Å². The van der Waals surface area contributed by atoms with Crippen molar-refractivity contribution in [1.82, 2.24) is 4.90 Å². The Bertz CT molecular complexity index is 224. The molecule has 2 N–H and O–H groups in total. The Morgan fingerprint density at radius 2 is 2.12 bits per heavy atom. The van der Waals surface area contributed by atoms with Gasteiger partial charge in [0.25, 0.3) is 0 Å². The van der Waals surface area contributed by atoms with Gasteiger partial charge in [-0.2, -0.15) is 0 Å². The van der Waals surface area contributed by atoms with E-state index in [9.17, 15) is 9.00 Å². The Kier molecular flexibility index (Phi) is 9.46. The maximum absolute atomic E-state index is 11.5. The van der Waals surface area contributed by atoms with Crippen LogP contribution in [0.3, 0.4) is 0 Å². The Balaban J connectivity index is 3.66. The number of rotatable bonds is 9. The van der Waals surface area contributed by atoms with E-state index in [2.05, 4.69) is 0 Å². The van der Waals surface area contributed by atoms with Gasteiger partial charge in [-0.3, -0.25) is 9.00 Å². The number of nitrogens with zero attached hydrogens (tertiary/aromatic N) is 1. The summed E-state index contributed by atoms with van der Waals surface area (Å²) in [4.78, 5) is 13.2. The number of amides is 1. The fourth-order valence-corrected chi connectivity index (χ4v) is 2.08. The fourth-order valence-electron chi connectivity index (χ4n) is 1.12. The highest BCUT2D eigenvalue weighted by atomic mass is 32.2. The normalized spacial score (nSPS) is 12.4. The van der Waals surface area contributed by atoms with Crippen LogP contribution >= 0.6 is 0 Å². The van der Waals surface area contributed by atoms with Crippen molar-refractivity contribution < 1.29 is 13.7 Å². The number of ether oxygens (including phenoxy) is 1. The molecular weight excluding hydrogens is 228 g/mol. The molecule has 0 bridgehead atoms. The van der Waals surface area contributed by atoms with E-state index in [0.29, 0.717) is 37.6 Å². The molecule has 0 aliphatic heterocycles. The van der Waals surface area contributed by atoms with Crippen LogP contribution in [-0.4, -0.2) is 60.4 Å². The van der Waals surface area contributed by atoms with Crippen LogP contribution in [-0.2, 0) is 20.3 Å². The van der Waals surface area contributed by atoms with Gasteiger partial charge in [-0.15, -0.1) is 0 Å². The van der Waals surface area contributed by atoms with Gasteiger partial charge in [0.15, 0.2) is 0 Å². The van der Waals surface area contributed by atoms with Crippen LogP contribution in [0.4, 0.5) is 0 Å². The van der Waals surface area contributed by atoms with Gasteiger partial charge in [0.1, 0.15) is 0 Å². The second-order valence-corrected chi connectivity index (χ2v) is 5.24. The summed E-state index contributed by atoms with van der Waals surface area (Å²) in [5, 5.41) is 0. The highest BCUT2D eigenvalue weighted by Crippen LogP contribution is 1.95. The zero-order valence-corrected chi connectivity index (χ0v) is 10.9. The van der Waals surface area contributed by atoms with Gasteiger partial charge >= 0.3 is 0 Å². The minimum atomic E-state index is -0.960. The van der Waals surface area contributed by atoms with Gasteiger partial charge < -0.3 is 15.4 Å². The summed E-state index contributed by atoms with van der Waals surface area (Å²) in [7, 11) is 2.36. The molecule has 0 rings (SSSR count). The van der Waals surface area contributed by atoms with Crippen LogP contribution in [0.5, 0.6) is 0 Å². The van der Waals surface area contributed by atoms with Gasteiger partial charge in [-0.25, -0.2) is 0 Å². The molecule has 0 fully saturated rings. The van der Waals surface area contributed by atoms with Gasteiger partial charge in [0.05, 0.1) is 6.61 Å². The lowest BCUT2D eigenvalue weighted by atomic mass is 10.3. The minimum Gasteiger partial charge on any atom is -0.384 e. The monoisotopic (exact) mass is 250 g/mol. The molecule has 0 heterocycles. The highest BCUT2D eigenvalue weighted by molar-refractivity contribution is 7.85. The lowest BCUT2D eigenvalue weighted by molar-refractivity contribution is -0.129. The zero-order chi connectivity index (χ0) is 12.4. The molecule has 1 atom stereocenters. The van der Waals surface area contributed by atoms with E-state index < -0.39 is 10.8 Å². The molecule has 1 amide bonds. The summed E-state index contributed by atoms with van der Waals surface area (Å²) in [5.41, 5.74) is 5.35. The summed E-state index contributed by atoms with van der Waals surface area (Å²) in [6.07, 6.45) is 1.13. The molecule has 16 heavy (non-hydrogen) atoms. The van der Waals surface area contributed by atoms with Crippen molar-refractivity contribution in [2.24, 2.45) is 5.73 Å². The van der Waals surface area contributed by atoms with E-state index in [-0.39, 0.29) is 5.91 Å². The Hall–Kier alpha value is -0.460. The smallest absolute Gasteiger partial charge is 0.223 e. The zero-order valence-electron chi connectivity index (χ0n) is 10.1. The van der Waals surface area contributed by atoms with Crippen molar-refractivity contribution >= 4 is 16.7 Å². The molecule has 0 aromatic carbocycles. The molecule has 0 aliphatic rings. The fraction of sp³-hybridized carbons (Fsp3) is 0.900. The Morgan fingerprint density at radius 1 is 1.44 bits per heavy atom. The number of carbonyl (C=O) groups excluding carboxylic acids is 1. The molecule has 1 unspecified atom stereocenters. The van der Waals surface area contributed by atoms with Crippen LogP contribution < -0.4 is 5.73 Å². The van der Waals surface area contributed by atoms with Crippen molar-refractivity contribution in [1.29, 1.82) is 0 Å². The molecule has 0 aliphatic carbocycles. The van der Waals surface area contributed by atoms with E-state index >= 15 is 0 Å². The van der Waals surface area contributed by atoms with E-state index in [1.54, 1.807) is 19.1 Å². The van der Waals surface area contributed by atoms with E-state index in [0.717, 1.165) is 6.42 Å². The van der Waals surface area contributed by atoms with Crippen LogP contribution in [0, 0.1) is 0 Å². The largest absolute Gasteiger partial charge is 0.384 e. The summed E-state index contributed by atoms with van der Waals surface area (Å²) in [6.45, 7) is 1.72. The Labute approximate surface area is 99.8 Å². The molecule has 0 aromatic rings. The van der Waals surface area contributed by atoms with Crippen LogP contribution in [0.25, 0.3) is 0 Å².